The van der Waals surface area contributed by atoms with Gasteiger partial charge in [-0.05, 0) is 55.5 Å². The summed E-state index contributed by atoms with van der Waals surface area (Å²) in [4.78, 5) is 16.3. The Balaban J connectivity index is 1.52. The lowest BCUT2D eigenvalue weighted by molar-refractivity contribution is 0.102. The summed E-state index contributed by atoms with van der Waals surface area (Å²) in [6, 6.07) is 11.7. The van der Waals surface area contributed by atoms with Crippen molar-refractivity contribution >= 4 is 33.4 Å². The summed E-state index contributed by atoms with van der Waals surface area (Å²) >= 11 is 0. The molecule has 0 spiro atoms. The van der Waals surface area contributed by atoms with Crippen LogP contribution in [0.25, 0.3) is 21.8 Å². The van der Waals surface area contributed by atoms with Crippen LogP contribution in [0.15, 0.2) is 42.6 Å². The Morgan fingerprint density at radius 2 is 2.04 bits per heavy atom. The number of carbonyl (C=O) groups excluding carboxylic acids is 1. The van der Waals surface area contributed by atoms with Gasteiger partial charge in [-0.2, -0.15) is 5.10 Å². The van der Waals surface area contributed by atoms with Crippen LogP contribution in [0, 0.1) is 0 Å². The minimum Gasteiger partial charge on any atom is -0.358 e. The zero-order valence-corrected chi connectivity index (χ0v) is 13.7. The SMILES string of the molecule is O=C(Nc1cccc2cn[nH]c12)c1ccc2[nH]c3c(c2c1)CCCC3. The predicted molar refractivity (Wildman–Crippen MR) is 99.0 cm³/mol. The minimum absolute atomic E-state index is 0.102. The van der Waals surface area contributed by atoms with Crippen molar-refractivity contribution in [3.8, 4) is 0 Å². The molecular formula is C20H18N4O. The number of hydrogen-bond acceptors (Lipinski definition) is 2. The van der Waals surface area contributed by atoms with Crippen molar-refractivity contribution in [2.75, 3.05) is 5.32 Å². The lowest BCUT2D eigenvalue weighted by Gasteiger charge is -2.10. The van der Waals surface area contributed by atoms with Gasteiger partial charge in [-0.25, -0.2) is 0 Å². The second-order valence-corrected chi connectivity index (χ2v) is 6.64. The fourth-order valence-corrected chi connectivity index (χ4v) is 3.81. The second kappa shape index (κ2) is 5.48. The average molecular weight is 330 g/mol. The molecule has 0 saturated heterocycles. The number of aromatic amines is 2. The molecule has 1 amide bonds. The van der Waals surface area contributed by atoms with Crippen LogP contribution < -0.4 is 5.32 Å². The molecule has 5 rings (SSSR count). The van der Waals surface area contributed by atoms with Crippen molar-refractivity contribution in [2.45, 2.75) is 25.7 Å². The van der Waals surface area contributed by atoms with Crippen molar-refractivity contribution in [3.05, 3.63) is 59.4 Å². The quantitative estimate of drug-likeness (QED) is 0.516. The van der Waals surface area contributed by atoms with Crippen molar-refractivity contribution in [1.82, 2.24) is 15.2 Å². The molecule has 3 N–H and O–H groups in total. The third-order valence-corrected chi connectivity index (χ3v) is 5.09. The fraction of sp³-hybridized carbons (Fsp3) is 0.200. The second-order valence-electron chi connectivity index (χ2n) is 6.64. The molecule has 2 heterocycles. The van der Waals surface area contributed by atoms with Gasteiger partial charge in [0.15, 0.2) is 0 Å². The van der Waals surface area contributed by atoms with Gasteiger partial charge >= 0.3 is 0 Å². The average Bonchev–Trinajstić information content (AvgIpc) is 3.26. The largest absolute Gasteiger partial charge is 0.358 e. The van der Waals surface area contributed by atoms with E-state index < -0.39 is 0 Å². The summed E-state index contributed by atoms with van der Waals surface area (Å²) < 4.78 is 0. The number of aryl methyl sites for hydroxylation is 2. The summed E-state index contributed by atoms with van der Waals surface area (Å²) in [5.41, 5.74) is 6.11. The van der Waals surface area contributed by atoms with Gasteiger partial charge < -0.3 is 10.3 Å². The highest BCUT2D eigenvalue weighted by Gasteiger charge is 2.17. The summed E-state index contributed by atoms with van der Waals surface area (Å²) in [7, 11) is 0. The standard InChI is InChI=1S/C20H18N4O/c25-20(23-18-7-3-4-13-11-21-24-19(13)18)12-8-9-17-15(10-12)14-5-1-2-6-16(14)22-17/h3-4,7-11,22H,1-2,5-6H2,(H,21,24)(H,23,25). The van der Waals surface area contributed by atoms with E-state index in [0.29, 0.717) is 5.56 Å². The van der Waals surface area contributed by atoms with Crippen molar-refractivity contribution < 1.29 is 4.79 Å². The van der Waals surface area contributed by atoms with Crippen molar-refractivity contribution in [1.29, 1.82) is 0 Å². The Morgan fingerprint density at radius 1 is 1.12 bits per heavy atom. The van der Waals surface area contributed by atoms with Crippen LogP contribution in [0.5, 0.6) is 0 Å². The Labute approximate surface area is 144 Å². The van der Waals surface area contributed by atoms with Crippen LogP contribution >= 0.6 is 0 Å². The Bertz CT molecular complexity index is 1110. The lowest BCUT2D eigenvalue weighted by atomic mass is 9.95. The van der Waals surface area contributed by atoms with E-state index in [2.05, 4.69) is 20.5 Å². The molecule has 2 aromatic heterocycles. The highest BCUT2D eigenvalue weighted by Crippen LogP contribution is 2.30. The van der Waals surface area contributed by atoms with Crippen LogP contribution in [-0.4, -0.2) is 21.1 Å². The molecule has 0 fully saturated rings. The topological polar surface area (TPSA) is 73.6 Å². The van der Waals surface area contributed by atoms with Gasteiger partial charge in [0.25, 0.3) is 5.91 Å². The number of nitrogens with zero attached hydrogens (tertiary/aromatic N) is 1. The van der Waals surface area contributed by atoms with Crippen LogP contribution in [-0.2, 0) is 12.8 Å². The minimum atomic E-state index is -0.102. The first-order valence-electron chi connectivity index (χ1n) is 8.66. The van der Waals surface area contributed by atoms with E-state index in [4.69, 9.17) is 0 Å². The molecule has 0 atom stereocenters. The molecule has 0 unspecified atom stereocenters. The smallest absolute Gasteiger partial charge is 0.255 e. The molecule has 25 heavy (non-hydrogen) atoms. The van der Waals surface area contributed by atoms with Gasteiger partial charge in [0.1, 0.15) is 0 Å². The summed E-state index contributed by atoms with van der Waals surface area (Å²) in [6.45, 7) is 0. The number of hydrogen-bond donors (Lipinski definition) is 3. The van der Waals surface area contributed by atoms with Crippen LogP contribution in [0.1, 0.15) is 34.5 Å². The number of carbonyl (C=O) groups is 1. The van der Waals surface area contributed by atoms with E-state index in [-0.39, 0.29) is 5.91 Å². The van der Waals surface area contributed by atoms with Crippen molar-refractivity contribution in [3.63, 3.8) is 0 Å². The molecule has 0 saturated carbocycles. The van der Waals surface area contributed by atoms with E-state index in [1.54, 1.807) is 6.20 Å². The van der Waals surface area contributed by atoms with Gasteiger partial charge in [0, 0.05) is 27.5 Å². The first-order chi connectivity index (χ1) is 12.3. The normalized spacial score (nSPS) is 13.9. The highest BCUT2D eigenvalue weighted by molar-refractivity contribution is 6.09. The van der Waals surface area contributed by atoms with Gasteiger partial charge in [-0.15, -0.1) is 0 Å². The van der Waals surface area contributed by atoms with Crippen LogP contribution in [0.3, 0.4) is 0 Å². The molecule has 5 heteroatoms. The first kappa shape index (κ1) is 14.3. The number of nitrogens with one attached hydrogen (secondary N) is 3. The molecule has 0 bridgehead atoms. The van der Waals surface area contributed by atoms with Crippen molar-refractivity contribution in [2.24, 2.45) is 0 Å². The van der Waals surface area contributed by atoms with E-state index in [1.165, 1.54) is 29.5 Å². The summed E-state index contributed by atoms with van der Waals surface area (Å²) in [5.74, 6) is -0.102. The third-order valence-electron chi connectivity index (χ3n) is 5.09. The molecule has 5 nitrogen and oxygen atoms in total. The van der Waals surface area contributed by atoms with E-state index in [1.807, 2.05) is 36.4 Å². The lowest BCUT2D eigenvalue weighted by Crippen LogP contribution is -2.12. The maximum Gasteiger partial charge on any atom is 0.255 e. The third kappa shape index (κ3) is 2.31. The molecular weight excluding hydrogens is 312 g/mol. The number of rotatable bonds is 2. The molecule has 124 valence electrons. The number of amides is 1. The van der Waals surface area contributed by atoms with Gasteiger partial charge in [-0.3, -0.25) is 9.89 Å². The highest BCUT2D eigenvalue weighted by atomic mass is 16.1. The van der Waals surface area contributed by atoms with Gasteiger partial charge in [0.05, 0.1) is 17.4 Å². The fourth-order valence-electron chi connectivity index (χ4n) is 3.81. The number of para-hydroxylation sites is 1. The Hall–Kier alpha value is -3.08. The maximum absolute atomic E-state index is 12.8. The molecule has 0 aliphatic heterocycles. The van der Waals surface area contributed by atoms with Gasteiger partial charge in [0.2, 0.25) is 0 Å². The number of anilines is 1. The zero-order valence-electron chi connectivity index (χ0n) is 13.7. The Kier molecular flexibility index (Phi) is 3.13. The predicted octanol–water partition coefficient (Wildman–Crippen LogP) is 4.18. The van der Waals surface area contributed by atoms with Crippen LogP contribution in [0.2, 0.25) is 0 Å². The molecule has 1 aliphatic carbocycles. The maximum atomic E-state index is 12.8. The number of fused-ring (bicyclic) bond motifs is 4. The van der Waals surface area contributed by atoms with Gasteiger partial charge in [-0.1, -0.05) is 12.1 Å². The van der Waals surface area contributed by atoms with E-state index >= 15 is 0 Å². The first-order valence-corrected chi connectivity index (χ1v) is 8.66. The number of H-pyrrole nitrogens is 2. The number of aromatic nitrogens is 3. The summed E-state index contributed by atoms with van der Waals surface area (Å²) in [5, 5.41) is 12.2. The molecule has 4 aromatic rings. The Morgan fingerprint density at radius 3 is 3.00 bits per heavy atom. The molecule has 2 aromatic carbocycles. The van der Waals surface area contributed by atoms with Crippen LogP contribution in [0.4, 0.5) is 5.69 Å². The van der Waals surface area contributed by atoms with E-state index in [9.17, 15) is 4.79 Å². The molecule has 1 aliphatic rings. The molecule has 0 radical (unpaired) electrons. The summed E-state index contributed by atoms with van der Waals surface area (Å²) in [6.07, 6.45) is 6.41. The van der Waals surface area contributed by atoms with E-state index in [0.717, 1.165) is 34.9 Å². The monoisotopic (exact) mass is 330 g/mol. The number of benzene rings is 2. The zero-order chi connectivity index (χ0) is 16.8.